The SMILES string of the molecule is CC[C@H](NC(=O)c1c(CN2CCC(C3CCNCC3)CC2)n(-c2ccccc2)c(=O)c2ccccc12)c1ccccc1. The number of amides is 1. The highest BCUT2D eigenvalue weighted by atomic mass is 16.2. The minimum Gasteiger partial charge on any atom is -0.345 e. The summed E-state index contributed by atoms with van der Waals surface area (Å²) < 4.78 is 1.79. The highest BCUT2D eigenvalue weighted by Gasteiger charge is 2.30. The summed E-state index contributed by atoms with van der Waals surface area (Å²) in [6.07, 6.45) is 5.65. The van der Waals surface area contributed by atoms with E-state index in [0.29, 0.717) is 17.5 Å². The lowest BCUT2D eigenvalue weighted by Crippen LogP contribution is -2.40. The van der Waals surface area contributed by atoms with Crippen LogP contribution in [0.4, 0.5) is 0 Å². The normalized spacial score (nSPS) is 17.7. The first kappa shape index (κ1) is 28.4. The molecule has 3 aromatic carbocycles. The van der Waals surface area contributed by atoms with Gasteiger partial charge in [-0.2, -0.15) is 0 Å². The van der Waals surface area contributed by atoms with Gasteiger partial charge in [-0.15, -0.1) is 0 Å². The molecule has 6 rings (SSSR count). The highest BCUT2D eigenvalue weighted by Crippen LogP contribution is 2.32. The number of carbonyl (C=O) groups excluding carboxylic acids is 1. The van der Waals surface area contributed by atoms with Crippen LogP contribution in [0.15, 0.2) is 89.7 Å². The number of pyridine rings is 1. The number of carbonyl (C=O) groups is 1. The Morgan fingerprint density at radius 3 is 2.10 bits per heavy atom. The Bertz CT molecular complexity index is 1550. The zero-order valence-corrected chi connectivity index (χ0v) is 24.6. The molecule has 2 N–H and O–H groups in total. The Balaban J connectivity index is 1.40. The van der Waals surface area contributed by atoms with Gasteiger partial charge in [-0.25, -0.2) is 0 Å². The average molecular weight is 563 g/mol. The van der Waals surface area contributed by atoms with Crippen molar-refractivity contribution in [2.75, 3.05) is 26.2 Å². The Morgan fingerprint density at radius 2 is 1.43 bits per heavy atom. The number of fused-ring (bicyclic) bond motifs is 1. The smallest absolute Gasteiger partial charge is 0.263 e. The van der Waals surface area contributed by atoms with Crippen LogP contribution in [0.1, 0.15) is 66.7 Å². The average Bonchev–Trinajstić information content (AvgIpc) is 3.05. The number of hydrogen-bond acceptors (Lipinski definition) is 4. The van der Waals surface area contributed by atoms with Crippen molar-refractivity contribution in [3.63, 3.8) is 0 Å². The minimum atomic E-state index is -0.133. The highest BCUT2D eigenvalue weighted by molar-refractivity contribution is 6.08. The lowest BCUT2D eigenvalue weighted by Gasteiger charge is -2.38. The first-order valence-electron chi connectivity index (χ1n) is 15.6. The summed E-state index contributed by atoms with van der Waals surface area (Å²) in [6.45, 7) is 6.87. The number of nitrogens with zero attached hydrogens (tertiary/aromatic N) is 2. The van der Waals surface area contributed by atoms with Crippen LogP contribution in [0.5, 0.6) is 0 Å². The molecule has 1 amide bonds. The maximum atomic E-state index is 14.4. The predicted molar refractivity (Wildman–Crippen MR) is 170 cm³/mol. The summed E-state index contributed by atoms with van der Waals surface area (Å²) in [7, 11) is 0. The molecule has 0 aliphatic carbocycles. The predicted octanol–water partition coefficient (Wildman–Crippen LogP) is 6.08. The zero-order valence-electron chi connectivity index (χ0n) is 24.6. The second-order valence-corrected chi connectivity index (χ2v) is 11.9. The summed E-state index contributed by atoms with van der Waals surface area (Å²) >= 11 is 0. The molecule has 0 bridgehead atoms. The molecular weight excluding hydrogens is 520 g/mol. The third kappa shape index (κ3) is 5.92. The van der Waals surface area contributed by atoms with Gasteiger partial charge in [0.1, 0.15) is 0 Å². The van der Waals surface area contributed by atoms with Crippen molar-refractivity contribution in [1.82, 2.24) is 20.1 Å². The Hall–Kier alpha value is -3.74. The van der Waals surface area contributed by atoms with Crippen molar-refractivity contribution in [2.45, 2.75) is 51.6 Å². The zero-order chi connectivity index (χ0) is 28.9. The van der Waals surface area contributed by atoms with Crippen molar-refractivity contribution in [3.8, 4) is 5.69 Å². The maximum Gasteiger partial charge on any atom is 0.263 e. The quantitative estimate of drug-likeness (QED) is 0.273. The van der Waals surface area contributed by atoms with E-state index in [1.807, 2.05) is 72.8 Å². The second-order valence-electron chi connectivity index (χ2n) is 11.9. The van der Waals surface area contributed by atoms with Gasteiger partial charge in [-0.3, -0.25) is 19.1 Å². The van der Waals surface area contributed by atoms with Gasteiger partial charge in [0, 0.05) is 23.0 Å². The van der Waals surface area contributed by atoms with Crippen molar-refractivity contribution >= 4 is 16.7 Å². The molecule has 4 aromatic rings. The van der Waals surface area contributed by atoms with Gasteiger partial charge < -0.3 is 10.6 Å². The van der Waals surface area contributed by atoms with Gasteiger partial charge in [0.15, 0.2) is 0 Å². The lowest BCUT2D eigenvalue weighted by molar-refractivity contribution is 0.0931. The molecule has 218 valence electrons. The van der Waals surface area contributed by atoms with Crippen LogP contribution in [-0.4, -0.2) is 41.6 Å². The van der Waals surface area contributed by atoms with Crippen LogP contribution in [0.3, 0.4) is 0 Å². The molecule has 3 heterocycles. The van der Waals surface area contributed by atoms with E-state index >= 15 is 0 Å². The Labute approximate surface area is 248 Å². The molecule has 2 saturated heterocycles. The molecule has 0 unspecified atom stereocenters. The summed E-state index contributed by atoms with van der Waals surface area (Å²) in [4.78, 5) is 30.9. The molecule has 6 heteroatoms. The number of hydrogen-bond donors (Lipinski definition) is 2. The van der Waals surface area contributed by atoms with Crippen LogP contribution in [0.25, 0.3) is 16.5 Å². The van der Waals surface area contributed by atoms with Crippen LogP contribution in [-0.2, 0) is 6.54 Å². The number of nitrogens with one attached hydrogen (secondary N) is 2. The van der Waals surface area contributed by atoms with E-state index in [1.165, 1.54) is 25.7 Å². The molecule has 0 saturated carbocycles. The fourth-order valence-corrected chi connectivity index (χ4v) is 7.10. The summed E-state index contributed by atoms with van der Waals surface area (Å²) in [6, 6.07) is 27.4. The van der Waals surface area contributed by atoms with Gasteiger partial charge >= 0.3 is 0 Å². The van der Waals surface area contributed by atoms with Gasteiger partial charge in [0.25, 0.3) is 11.5 Å². The van der Waals surface area contributed by atoms with Gasteiger partial charge in [-0.05, 0) is 93.9 Å². The second kappa shape index (κ2) is 13.1. The molecule has 2 aliphatic rings. The minimum absolute atomic E-state index is 0.0805. The Kier molecular flexibility index (Phi) is 8.82. The first-order valence-corrected chi connectivity index (χ1v) is 15.6. The van der Waals surface area contributed by atoms with Crippen LogP contribution >= 0.6 is 0 Å². The van der Waals surface area contributed by atoms with Gasteiger partial charge in [0.2, 0.25) is 0 Å². The molecular formula is C36H42N4O2. The molecule has 0 spiro atoms. The molecule has 1 aromatic heterocycles. The fraction of sp³-hybridized carbons (Fsp3) is 0.389. The van der Waals surface area contributed by atoms with Gasteiger partial charge in [0.05, 0.1) is 17.3 Å². The van der Waals surface area contributed by atoms with Crippen molar-refractivity contribution in [3.05, 3.63) is 112 Å². The number of rotatable bonds is 8. The third-order valence-electron chi connectivity index (χ3n) is 9.40. The topological polar surface area (TPSA) is 66.4 Å². The van der Waals surface area contributed by atoms with Crippen molar-refractivity contribution < 1.29 is 4.79 Å². The van der Waals surface area contributed by atoms with E-state index in [2.05, 4.69) is 34.6 Å². The van der Waals surface area contributed by atoms with E-state index in [-0.39, 0.29) is 17.5 Å². The first-order chi connectivity index (χ1) is 20.6. The molecule has 0 radical (unpaired) electrons. The number of para-hydroxylation sites is 1. The van der Waals surface area contributed by atoms with Crippen molar-refractivity contribution in [1.29, 1.82) is 0 Å². The molecule has 42 heavy (non-hydrogen) atoms. The van der Waals surface area contributed by atoms with E-state index in [1.54, 1.807) is 4.57 Å². The lowest BCUT2D eigenvalue weighted by atomic mass is 9.79. The van der Waals surface area contributed by atoms with Crippen LogP contribution in [0, 0.1) is 11.8 Å². The van der Waals surface area contributed by atoms with Crippen molar-refractivity contribution in [2.24, 2.45) is 11.8 Å². The van der Waals surface area contributed by atoms with Gasteiger partial charge in [-0.1, -0.05) is 73.7 Å². The number of likely N-dealkylation sites (tertiary alicyclic amines) is 1. The summed E-state index contributed by atoms with van der Waals surface area (Å²) in [5.41, 5.74) is 3.16. The standard InChI is InChI=1S/C36H42N4O2/c1-2-32(28-11-5-3-6-12-28)38-35(41)34-30-15-9-10-16-31(30)36(42)40(29-13-7-4-8-14-29)33(34)25-39-23-19-27(20-24-39)26-17-21-37-22-18-26/h3-16,26-27,32,37H,2,17-25H2,1H3,(H,38,41)/t32-/m0/s1. The molecule has 2 fully saturated rings. The summed E-state index contributed by atoms with van der Waals surface area (Å²) in [5.74, 6) is 1.43. The van der Waals surface area contributed by atoms with E-state index in [9.17, 15) is 9.59 Å². The van der Waals surface area contributed by atoms with E-state index < -0.39 is 0 Å². The third-order valence-corrected chi connectivity index (χ3v) is 9.40. The van der Waals surface area contributed by atoms with Crippen LogP contribution in [0.2, 0.25) is 0 Å². The molecule has 1 atom stereocenters. The number of aromatic nitrogens is 1. The monoisotopic (exact) mass is 562 g/mol. The van der Waals surface area contributed by atoms with E-state index in [4.69, 9.17) is 0 Å². The number of benzene rings is 3. The Morgan fingerprint density at radius 1 is 0.833 bits per heavy atom. The number of piperidine rings is 2. The van der Waals surface area contributed by atoms with E-state index in [0.717, 1.165) is 66.8 Å². The van der Waals surface area contributed by atoms with Crippen LogP contribution < -0.4 is 16.2 Å². The molecule has 2 aliphatic heterocycles. The molecule has 6 nitrogen and oxygen atoms in total. The summed E-state index contributed by atoms with van der Waals surface area (Å²) in [5, 5.41) is 8.12. The fourth-order valence-electron chi connectivity index (χ4n) is 7.10. The largest absolute Gasteiger partial charge is 0.345 e. The maximum absolute atomic E-state index is 14.4.